The minimum absolute atomic E-state index is 0.180. The van der Waals surface area contributed by atoms with Crippen LogP contribution in [0.5, 0.6) is 0 Å². The fourth-order valence-corrected chi connectivity index (χ4v) is 2.33. The van der Waals surface area contributed by atoms with Crippen LogP contribution in [-0.4, -0.2) is 66.4 Å². The van der Waals surface area contributed by atoms with E-state index in [0.717, 1.165) is 19.3 Å². The van der Waals surface area contributed by atoms with Crippen LogP contribution in [0, 0.1) is 0 Å². The summed E-state index contributed by atoms with van der Waals surface area (Å²) in [6.45, 7) is 0.455. The van der Waals surface area contributed by atoms with Crippen LogP contribution in [0.3, 0.4) is 0 Å². The maximum Gasteiger partial charge on any atom is 0.307 e. The van der Waals surface area contributed by atoms with Gasteiger partial charge in [0.1, 0.15) is 6.54 Å². The van der Waals surface area contributed by atoms with Crippen LogP contribution in [0.15, 0.2) is 12.2 Å². The van der Waals surface area contributed by atoms with Gasteiger partial charge in [-0.05, 0) is 32.1 Å². The summed E-state index contributed by atoms with van der Waals surface area (Å²) >= 11 is 0. The number of likely N-dealkylation sites (N-methyl/N-ethyl adjacent to an activating group) is 1. The molecule has 25 heavy (non-hydrogen) atoms. The molecule has 0 aromatic rings. The zero-order chi connectivity index (χ0) is 19.3. The van der Waals surface area contributed by atoms with Crippen LogP contribution in [0.4, 0.5) is 0 Å². The van der Waals surface area contributed by atoms with Gasteiger partial charge in [0.2, 0.25) is 0 Å². The number of quaternary nitrogens is 1. The van der Waals surface area contributed by atoms with Crippen molar-refractivity contribution in [1.82, 2.24) is 0 Å². The van der Waals surface area contributed by atoms with Crippen molar-refractivity contribution >= 4 is 17.9 Å². The molecule has 1 atom stereocenters. The van der Waals surface area contributed by atoms with Gasteiger partial charge in [-0.3, -0.25) is 14.4 Å². The van der Waals surface area contributed by atoms with Gasteiger partial charge in [-0.2, -0.15) is 0 Å². The molecule has 0 amide bonds. The van der Waals surface area contributed by atoms with Crippen molar-refractivity contribution in [3.8, 4) is 0 Å². The van der Waals surface area contributed by atoms with Crippen molar-refractivity contribution in [2.45, 2.75) is 57.5 Å². The normalized spacial score (nSPS) is 12.9. The topological polar surface area (TPSA) is 101 Å². The Kier molecular flexibility index (Phi) is 11.5. The van der Waals surface area contributed by atoms with Crippen molar-refractivity contribution in [2.24, 2.45) is 0 Å². The van der Waals surface area contributed by atoms with Gasteiger partial charge in [-0.15, -0.1) is 0 Å². The van der Waals surface area contributed by atoms with E-state index >= 15 is 0 Å². The van der Waals surface area contributed by atoms with Crippen molar-refractivity contribution < 1.29 is 33.8 Å². The fraction of sp³-hybridized carbons (Fsp3) is 0.722. The van der Waals surface area contributed by atoms with Gasteiger partial charge in [0.15, 0.2) is 6.10 Å². The standard InChI is InChI=1S/C18H31NO6/c1-19(2,3)14-15(13-17(22)23)25-18(24)12-10-8-6-4-5-7-9-11-16(20)21/h4-5,15H,6-14H2,1-3H3,(H-,20,21,22,23)/p+1/b5-4+. The van der Waals surface area contributed by atoms with Crippen molar-refractivity contribution in [3.63, 3.8) is 0 Å². The highest BCUT2D eigenvalue weighted by atomic mass is 16.5. The summed E-state index contributed by atoms with van der Waals surface area (Å²) in [6.07, 6.45) is 7.36. The Morgan fingerprint density at radius 1 is 0.920 bits per heavy atom. The molecular weight excluding hydrogens is 326 g/mol. The minimum atomic E-state index is -0.973. The number of carboxylic acids is 2. The fourth-order valence-electron chi connectivity index (χ4n) is 2.33. The lowest BCUT2D eigenvalue weighted by Gasteiger charge is -2.28. The zero-order valence-corrected chi connectivity index (χ0v) is 15.6. The number of aliphatic carboxylic acids is 2. The number of allylic oxidation sites excluding steroid dienone is 2. The molecular formula is C18H32NO6+. The second-order valence-corrected chi connectivity index (χ2v) is 7.19. The van der Waals surface area contributed by atoms with E-state index in [1.807, 2.05) is 33.3 Å². The summed E-state index contributed by atoms with van der Waals surface area (Å²) in [5, 5.41) is 17.4. The Hall–Kier alpha value is -1.89. The number of carboxylic acid groups (broad SMARTS) is 2. The lowest BCUT2D eigenvalue weighted by Crippen LogP contribution is -2.43. The van der Waals surface area contributed by atoms with Crippen molar-refractivity contribution in [3.05, 3.63) is 12.2 Å². The van der Waals surface area contributed by atoms with Gasteiger partial charge in [0.05, 0.1) is 27.6 Å². The van der Waals surface area contributed by atoms with E-state index in [-0.39, 0.29) is 25.2 Å². The monoisotopic (exact) mass is 358 g/mol. The first kappa shape index (κ1) is 23.1. The first-order valence-corrected chi connectivity index (χ1v) is 8.68. The van der Waals surface area contributed by atoms with E-state index in [1.54, 1.807) is 0 Å². The Labute approximate surface area is 149 Å². The predicted octanol–water partition coefficient (Wildman–Crippen LogP) is 2.45. The molecule has 1 unspecified atom stereocenters. The maximum absolute atomic E-state index is 11.9. The molecule has 0 aliphatic rings. The molecule has 0 radical (unpaired) electrons. The van der Waals surface area contributed by atoms with Crippen LogP contribution in [0.25, 0.3) is 0 Å². The lowest BCUT2D eigenvalue weighted by molar-refractivity contribution is -0.873. The Balaban J connectivity index is 3.94. The smallest absolute Gasteiger partial charge is 0.307 e. The first-order chi connectivity index (χ1) is 11.6. The molecule has 0 aliphatic heterocycles. The molecule has 7 nitrogen and oxygen atoms in total. The Bertz CT molecular complexity index is 453. The number of carbonyl (C=O) groups excluding carboxylic acids is 1. The van der Waals surface area contributed by atoms with Gasteiger partial charge in [0.25, 0.3) is 0 Å². The van der Waals surface area contributed by atoms with Gasteiger partial charge in [-0.1, -0.05) is 12.2 Å². The van der Waals surface area contributed by atoms with Crippen LogP contribution < -0.4 is 0 Å². The second kappa shape index (κ2) is 12.5. The maximum atomic E-state index is 11.9. The van der Waals surface area contributed by atoms with E-state index < -0.39 is 18.0 Å². The largest absolute Gasteiger partial charge is 0.481 e. The first-order valence-electron chi connectivity index (χ1n) is 8.68. The van der Waals surface area contributed by atoms with E-state index in [4.69, 9.17) is 14.9 Å². The third-order valence-corrected chi connectivity index (χ3v) is 3.38. The van der Waals surface area contributed by atoms with Crippen LogP contribution >= 0.6 is 0 Å². The average Bonchev–Trinajstić information content (AvgIpc) is 2.42. The highest BCUT2D eigenvalue weighted by Crippen LogP contribution is 2.09. The quantitative estimate of drug-likeness (QED) is 0.214. The summed E-state index contributed by atoms with van der Waals surface area (Å²) in [5.41, 5.74) is 0. The molecule has 0 rings (SSSR count). The molecule has 0 aromatic carbocycles. The summed E-state index contributed by atoms with van der Waals surface area (Å²) in [7, 11) is 5.77. The molecule has 0 heterocycles. The molecule has 0 spiro atoms. The van der Waals surface area contributed by atoms with Gasteiger partial charge < -0.3 is 19.4 Å². The SMILES string of the molecule is C[N+](C)(C)CC(CC(=O)O)OC(=O)CCCC/C=C/CCCC(=O)O. The van der Waals surface area contributed by atoms with Crippen molar-refractivity contribution in [1.29, 1.82) is 0 Å². The van der Waals surface area contributed by atoms with E-state index in [9.17, 15) is 14.4 Å². The number of nitrogens with zero attached hydrogens (tertiary/aromatic N) is 1. The minimum Gasteiger partial charge on any atom is -0.481 e. The zero-order valence-electron chi connectivity index (χ0n) is 15.6. The Morgan fingerprint density at radius 3 is 2.04 bits per heavy atom. The number of carbonyl (C=O) groups is 3. The molecule has 0 bridgehead atoms. The van der Waals surface area contributed by atoms with E-state index in [1.165, 1.54) is 0 Å². The van der Waals surface area contributed by atoms with Gasteiger partial charge >= 0.3 is 17.9 Å². The number of esters is 1. The molecule has 0 saturated carbocycles. The highest BCUT2D eigenvalue weighted by molar-refractivity contribution is 5.71. The summed E-state index contributed by atoms with van der Waals surface area (Å²) in [4.78, 5) is 33.1. The molecule has 0 aliphatic carbocycles. The summed E-state index contributed by atoms with van der Waals surface area (Å²) < 4.78 is 5.84. The molecule has 144 valence electrons. The summed E-state index contributed by atoms with van der Waals surface area (Å²) in [5.74, 6) is -2.11. The average molecular weight is 358 g/mol. The number of rotatable bonds is 14. The molecule has 0 fully saturated rings. The van der Waals surface area contributed by atoms with Crippen LogP contribution in [0.2, 0.25) is 0 Å². The van der Waals surface area contributed by atoms with Crippen molar-refractivity contribution in [2.75, 3.05) is 27.7 Å². The number of ether oxygens (including phenoxy) is 1. The lowest BCUT2D eigenvalue weighted by atomic mass is 10.1. The van der Waals surface area contributed by atoms with E-state index in [2.05, 4.69) is 0 Å². The number of unbranched alkanes of at least 4 members (excludes halogenated alkanes) is 3. The van der Waals surface area contributed by atoms with Crippen LogP contribution in [-0.2, 0) is 19.1 Å². The number of hydrogen-bond donors (Lipinski definition) is 2. The number of hydrogen-bond acceptors (Lipinski definition) is 4. The third-order valence-electron chi connectivity index (χ3n) is 3.38. The molecule has 2 N–H and O–H groups in total. The highest BCUT2D eigenvalue weighted by Gasteiger charge is 2.24. The summed E-state index contributed by atoms with van der Waals surface area (Å²) in [6, 6.07) is 0. The molecule has 7 heteroatoms. The van der Waals surface area contributed by atoms with Gasteiger partial charge in [0, 0.05) is 12.8 Å². The van der Waals surface area contributed by atoms with E-state index in [0.29, 0.717) is 23.9 Å². The molecule has 0 saturated heterocycles. The third kappa shape index (κ3) is 16.7. The molecule has 0 aromatic heterocycles. The van der Waals surface area contributed by atoms with Crippen LogP contribution in [0.1, 0.15) is 51.4 Å². The second-order valence-electron chi connectivity index (χ2n) is 7.19. The Morgan fingerprint density at radius 2 is 1.52 bits per heavy atom. The van der Waals surface area contributed by atoms with Gasteiger partial charge in [-0.25, -0.2) is 0 Å². The predicted molar refractivity (Wildman–Crippen MR) is 94.1 cm³/mol.